The smallest absolute Gasteiger partial charge is 0.281 e. The van der Waals surface area contributed by atoms with Crippen LogP contribution < -0.4 is 0 Å². The van der Waals surface area contributed by atoms with Gasteiger partial charge in [0.1, 0.15) is 5.71 Å². The van der Waals surface area contributed by atoms with Crippen LogP contribution in [0.1, 0.15) is 37.7 Å². The van der Waals surface area contributed by atoms with Gasteiger partial charge in [-0.3, -0.25) is 9.20 Å². The fourth-order valence-electron chi connectivity index (χ4n) is 2.52. The van der Waals surface area contributed by atoms with Crippen LogP contribution in [0.5, 0.6) is 0 Å². The van der Waals surface area contributed by atoms with Gasteiger partial charge < -0.3 is 0 Å². The Morgan fingerprint density at radius 2 is 1.77 bits per heavy atom. The van der Waals surface area contributed by atoms with E-state index < -0.39 is 28.4 Å². The Bertz CT molecular complexity index is 546. The zero-order chi connectivity index (χ0) is 16.2. The molecule has 0 N–H and O–H groups in total. The molecule has 2 rings (SSSR count). The lowest BCUT2D eigenvalue weighted by Gasteiger charge is -2.20. The largest absolute Gasteiger partial charge is 0.429 e. The van der Waals surface area contributed by atoms with Gasteiger partial charge in [-0.25, -0.2) is 0 Å². The maximum Gasteiger partial charge on any atom is 0.429 e. The van der Waals surface area contributed by atoms with E-state index in [4.69, 9.17) is 0 Å². The highest BCUT2D eigenvalue weighted by Crippen LogP contribution is 2.25. The number of halogens is 3. The molecule has 0 spiro atoms. The molecule has 1 aliphatic rings. The SMILES string of the molecule is Cc1ccc(S(=O)CC(=NC2CCCCC2)C(F)(F)F)cc1. The predicted molar refractivity (Wildman–Crippen MR) is 82.8 cm³/mol. The van der Waals surface area contributed by atoms with Gasteiger partial charge in [-0.1, -0.05) is 37.0 Å². The lowest BCUT2D eigenvalue weighted by molar-refractivity contribution is -0.0594. The summed E-state index contributed by atoms with van der Waals surface area (Å²) in [4.78, 5) is 4.30. The van der Waals surface area contributed by atoms with Crippen LogP contribution in [0.4, 0.5) is 13.2 Å². The zero-order valence-corrected chi connectivity index (χ0v) is 13.3. The Kier molecular flexibility index (Phi) is 5.78. The van der Waals surface area contributed by atoms with Gasteiger partial charge in [-0.15, -0.1) is 0 Å². The Labute approximate surface area is 131 Å². The predicted octanol–water partition coefficient (Wildman–Crippen LogP) is 4.44. The molecule has 1 unspecified atom stereocenters. The summed E-state index contributed by atoms with van der Waals surface area (Å²) in [5.74, 6) is -0.566. The van der Waals surface area contributed by atoms with Gasteiger partial charge in [0.05, 0.1) is 22.6 Å². The third-order valence-corrected chi connectivity index (χ3v) is 5.13. The van der Waals surface area contributed by atoms with Gasteiger partial charge in [0.2, 0.25) is 0 Å². The molecule has 0 saturated heterocycles. The molecule has 0 aliphatic heterocycles. The van der Waals surface area contributed by atoms with E-state index in [1.165, 1.54) is 0 Å². The van der Waals surface area contributed by atoms with Gasteiger partial charge in [0.25, 0.3) is 0 Å². The van der Waals surface area contributed by atoms with Gasteiger partial charge in [-0.2, -0.15) is 13.2 Å². The van der Waals surface area contributed by atoms with Crippen LogP contribution >= 0.6 is 0 Å². The summed E-state index contributed by atoms with van der Waals surface area (Å²) in [5, 5.41) is 0. The van der Waals surface area contributed by atoms with Crippen LogP contribution in [0.2, 0.25) is 0 Å². The van der Waals surface area contributed by atoms with E-state index >= 15 is 0 Å². The molecule has 1 atom stereocenters. The number of nitrogens with zero attached hydrogens (tertiary/aromatic N) is 1. The first-order chi connectivity index (χ1) is 10.4. The number of benzene rings is 1. The molecule has 1 fully saturated rings. The van der Waals surface area contributed by atoms with Crippen molar-refractivity contribution in [1.82, 2.24) is 0 Å². The van der Waals surface area contributed by atoms with E-state index in [1.54, 1.807) is 24.3 Å². The van der Waals surface area contributed by atoms with Crippen LogP contribution in [0.25, 0.3) is 0 Å². The number of hydrogen-bond acceptors (Lipinski definition) is 2. The van der Waals surface area contributed by atoms with Crippen molar-refractivity contribution in [2.24, 2.45) is 4.99 Å². The highest BCUT2D eigenvalue weighted by Gasteiger charge is 2.37. The normalized spacial score (nSPS) is 19.2. The van der Waals surface area contributed by atoms with Crippen molar-refractivity contribution in [3.05, 3.63) is 29.8 Å². The van der Waals surface area contributed by atoms with E-state index in [0.29, 0.717) is 17.7 Å². The third kappa shape index (κ3) is 4.93. The molecule has 0 amide bonds. The summed E-state index contributed by atoms with van der Waals surface area (Å²) in [5.41, 5.74) is 0.0889. The quantitative estimate of drug-likeness (QED) is 0.750. The van der Waals surface area contributed by atoms with E-state index in [-0.39, 0.29) is 6.04 Å². The summed E-state index contributed by atoms with van der Waals surface area (Å²) >= 11 is 0. The van der Waals surface area contributed by atoms with E-state index in [0.717, 1.165) is 24.8 Å². The molecule has 0 aromatic heterocycles. The summed E-state index contributed by atoms with van der Waals surface area (Å²) in [6.45, 7) is 1.87. The minimum absolute atomic E-state index is 0.277. The molecule has 1 aromatic rings. The summed E-state index contributed by atoms with van der Waals surface area (Å²) in [6, 6.07) is 6.44. The topological polar surface area (TPSA) is 29.4 Å². The highest BCUT2D eigenvalue weighted by atomic mass is 32.2. The first kappa shape index (κ1) is 17.2. The number of alkyl halides is 3. The van der Waals surface area contributed by atoms with Gasteiger partial charge in [0.15, 0.2) is 0 Å². The molecule has 6 heteroatoms. The first-order valence-corrected chi connectivity index (χ1v) is 8.77. The van der Waals surface area contributed by atoms with Gasteiger partial charge in [0, 0.05) is 4.90 Å². The average molecular weight is 331 g/mol. The summed E-state index contributed by atoms with van der Waals surface area (Å²) in [6.07, 6.45) is -0.241. The van der Waals surface area contributed by atoms with Crippen molar-refractivity contribution in [1.29, 1.82) is 0 Å². The molecule has 0 heterocycles. The molecule has 0 radical (unpaired) electrons. The number of aryl methyl sites for hydroxylation is 1. The molecule has 2 nitrogen and oxygen atoms in total. The Hall–Kier alpha value is -1.17. The number of rotatable bonds is 4. The summed E-state index contributed by atoms with van der Waals surface area (Å²) in [7, 11) is -1.72. The monoisotopic (exact) mass is 331 g/mol. The van der Waals surface area contributed by atoms with Crippen LogP contribution in [-0.2, 0) is 10.8 Å². The highest BCUT2D eigenvalue weighted by molar-refractivity contribution is 7.85. The molecular formula is C16H20F3NOS. The second kappa shape index (κ2) is 7.40. The van der Waals surface area contributed by atoms with Crippen molar-refractivity contribution >= 4 is 16.5 Å². The molecule has 0 bridgehead atoms. The van der Waals surface area contributed by atoms with E-state index in [9.17, 15) is 17.4 Å². The van der Waals surface area contributed by atoms with Gasteiger partial charge >= 0.3 is 6.18 Å². The minimum Gasteiger partial charge on any atom is -0.281 e. The molecule has 1 aromatic carbocycles. The minimum atomic E-state index is -4.52. The Morgan fingerprint density at radius 3 is 2.32 bits per heavy atom. The van der Waals surface area contributed by atoms with Crippen molar-refractivity contribution in [2.45, 2.75) is 56.1 Å². The fourth-order valence-corrected chi connectivity index (χ4v) is 3.61. The van der Waals surface area contributed by atoms with Gasteiger partial charge in [-0.05, 0) is 31.9 Å². The standard InChI is InChI=1S/C16H20F3NOS/c1-12-7-9-14(10-8-12)22(21)11-15(16(17,18)19)20-13-5-3-2-4-6-13/h7-10,13H,2-6,11H2,1H3. The zero-order valence-electron chi connectivity index (χ0n) is 12.5. The van der Waals surface area contributed by atoms with E-state index in [2.05, 4.69) is 4.99 Å². The second-order valence-electron chi connectivity index (χ2n) is 5.67. The number of aliphatic imine (C=N–C) groups is 1. The Balaban J connectivity index is 2.14. The van der Waals surface area contributed by atoms with Crippen molar-refractivity contribution in [3.63, 3.8) is 0 Å². The molecule has 22 heavy (non-hydrogen) atoms. The van der Waals surface area contributed by atoms with Crippen LogP contribution in [0.3, 0.4) is 0 Å². The van der Waals surface area contributed by atoms with Crippen LogP contribution in [-0.4, -0.2) is 27.9 Å². The average Bonchev–Trinajstić information content (AvgIpc) is 2.47. The maximum absolute atomic E-state index is 13.2. The van der Waals surface area contributed by atoms with Crippen molar-refractivity contribution < 1.29 is 17.4 Å². The van der Waals surface area contributed by atoms with E-state index in [1.807, 2.05) is 6.92 Å². The lowest BCUT2D eigenvalue weighted by atomic mass is 9.96. The molecule has 1 saturated carbocycles. The van der Waals surface area contributed by atoms with Crippen molar-refractivity contribution in [2.75, 3.05) is 5.75 Å². The third-order valence-electron chi connectivity index (χ3n) is 3.79. The molecular weight excluding hydrogens is 311 g/mol. The summed E-state index contributed by atoms with van der Waals surface area (Å²) < 4.78 is 51.6. The van der Waals surface area contributed by atoms with Crippen molar-refractivity contribution in [3.8, 4) is 0 Å². The molecule has 122 valence electrons. The first-order valence-electron chi connectivity index (χ1n) is 7.45. The lowest BCUT2D eigenvalue weighted by Crippen LogP contribution is -2.30. The maximum atomic E-state index is 13.2. The fraction of sp³-hybridized carbons (Fsp3) is 0.562. The molecule has 1 aliphatic carbocycles. The Morgan fingerprint density at radius 1 is 1.18 bits per heavy atom. The number of hydrogen-bond donors (Lipinski definition) is 0. The second-order valence-corrected chi connectivity index (χ2v) is 7.12. The van der Waals surface area contributed by atoms with Crippen LogP contribution in [0.15, 0.2) is 34.2 Å². The van der Waals surface area contributed by atoms with Crippen LogP contribution in [0, 0.1) is 6.92 Å².